The summed E-state index contributed by atoms with van der Waals surface area (Å²) in [5, 5.41) is 23.3. The second-order valence-corrected chi connectivity index (χ2v) is 7.57. The molecule has 3 N–H and O–H groups in total. The maximum absolute atomic E-state index is 10.3. The van der Waals surface area contributed by atoms with Crippen molar-refractivity contribution in [1.29, 1.82) is 0 Å². The number of hydrogen-bond donors (Lipinski definition) is 3. The van der Waals surface area contributed by atoms with Gasteiger partial charge in [-0.05, 0) is 44.9 Å². The number of hydrogen-bond acceptors (Lipinski definition) is 7. The van der Waals surface area contributed by atoms with Crippen molar-refractivity contribution >= 4 is 0 Å². The fourth-order valence-electron chi connectivity index (χ4n) is 3.19. The van der Waals surface area contributed by atoms with E-state index in [-0.39, 0.29) is 18.8 Å². The lowest BCUT2D eigenvalue weighted by molar-refractivity contribution is 0.0336. The van der Waals surface area contributed by atoms with Crippen LogP contribution in [0.3, 0.4) is 0 Å². The van der Waals surface area contributed by atoms with E-state index in [1.54, 1.807) is 7.11 Å². The van der Waals surface area contributed by atoms with Gasteiger partial charge in [0.15, 0.2) is 0 Å². The standard InChI is InChI=1S/C21H36N2O5/c1-16(2)27-11-8-22-13-17-12-20(26-3)4-5-21(17)28-15-19(25)14-23-9-6-18(24)7-10-23/h4-5,12,16,18-19,22,24-25H,6-11,13-15H2,1-3H3/t19-/m1/s1. The Morgan fingerprint density at radius 2 is 2.00 bits per heavy atom. The quantitative estimate of drug-likeness (QED) is 0.461. The molecule has 1 aliphatic rings. The number of aliphatic hydroxyl groups excluding tert-OH is 2. The van der Waals surface area contributed by atoms with Crippen LogP contribution in [0.25, 0.3) is 0 Å². The molecule has 2 rings (SSSR count). The minimum Gasteiger partial charge on any atom is -0.497 e. The predicted octanol–water partition coefficient (Wildman–Crippen LogP) is 1.41. The molecule has 0 aliphatic carbocycles. The van der Waals surface area contributed by atoms with Gasteiger partial charge in [0.2, 0.25) is 0 Å². The molecule has 1 aromatic rings. The van der Waals surface area contributed by atoms with Gasteiger partial charge in [-0.2, -0.15) is 0 Å². The van der Waals surface area contributed by atoms with Crippen molar-refractivity contribution in [2.24, 2.45) is 0 Å². The topological polar surface area (TPSA) is 83.4 Å². The first kappa shape index (κ1) is 22.9. The van der Waals surface area contributed by atoms with Crippen LogP contribution in [0.5, 0.6) is 11.5 Å². The molecule has 0 amide bonds. The summed E-state index contributed by atoms with van der Waals surface area (Å²) in [5.41, 5.74) is 0.984. The van der Waals surface area contributed by atoms with Crippen LogP contribution in [-0.2, 0) is 11.3 Å². The van der Waals surface area contributed by atoms with E-state index in [0.29, 0.717) is 19.7 Å². The largest absolute Gasteiger partial charge is 0.497 e. The molecule has 0 aromatic heterocycles. The Kier molecular flexibility index (Phi) is 10.0. The fourth-order valence-corrected chi connectivity index (χ4v) is 3.19. The number of piperidine rings is 1. The highest BCUT2D eigenvalue weighted by Crippen LogP contribution is 2.24. The average molecular weight is 397 g/mol. The Morgan fingerprint density at radius 3 is 2.68 bits per heavy atom. The third kappa shape index (κ3) is 8.32. The number of aliphatic hydroxyl groups is 2. The van der Waals surface area contributed by atoms with Crippen LogP contribution in [0.4, 0.5) is 0 Å². The van der Waals surface area contributed by atoms with E-state index in [0.717, 1.165) is 49.5 Å². The number of methoxy groups -OCH3 is 1. The number of ether oxygens (including phenoxy) is 3. The van der Waals surface area contributed by atoms with Crippen molar-refractivity contribution in [1.82, 2.24) is 10.2 Å². The zero-order chi connectivity index (χ0) is 20.4. The molecule has 1 fully saturated rings. The number of benzene rings is 1. The van der Waals surface area contributed by atoms with Crippen LogP contribution in [0.2, 0.25) is 0 Å². The number of likely N-dealkylation sites (tertiary alicyclic amines) is 1. The Hall–Kier alpha value is -1.38. The van der Waals surface area contributed by atoms with Crippen LogP contribution >= 0.6 is 0 Å². The Balaban J connectivity index is 1.81. The van der Waals surface area contributed by atoms with Gasteiger partial charge in [-0.15, -0.1) is 0 Å². The van der Waals surface area contributed by atoms with E-state index in [1.165, 1.54) is 0 Å². The van der Waals surface area contributed by atoms with Gasteiger partial charge in [0.25, 0.3) is 0 Å². The van der Waals surface area contributed by atoms with Crippen LogP contribution < -0.4 is 14.8 Å². The lowest BCUT2D eigenvalue weighted by Crippen LogP contribution is -2.41. The maximum atomic E-state index is 10.3. The first-order valence-corrected chi connectivity index (χ1v) is 10.2. The maximum Gasteiger partial charge on any atom is 0.124 e. The molecule has 0 unspecified atom stereocenters. The summed E-state index contributed by atoms with van der Waals surface area (Å²) in [5.74, 6) is 1.51. The van der Waals surface area contributed by atoms with E-state index < -0.39 is 6.10 Å². The number of nitrogens with one attached hydrogen (secondary N) is 1. The van der Waals surface area contributed by atoms with Crippen LogP contribution in [0, 0.1) is 0 Å². The molecule has 1 atom stereocenters. The number of nitrogens with zero attached hydrogens (tertiary/aromatic N) is 1. The Morgan fingerprint density at radius 1 is 1.25 bits per heavy atom. The van der Waals surface area contributed by atoms with E-state index in [1.807, 2.05) is 32.0 Å². The van der Waals surface area contributed by atoms with E-state index in [2.05, 4.69) is 10.2 Å². The van der Waals surface area contributed by atoms with Gasteiger partial charge >= 0.3 is 0 Å². The van der Waals surface area contributed by atoms with Gasteiger partial charge in [-0.1, -0.05) is 0 Å². The highest BCUT2D eigenvalue weighted by atomic mass is 16.5. The van der Waals surface area contributed by atoms with Crippen LogP contribution in [0.1, 0.15) is 32.3 Å². The Labute approximate surface area is 168 Å². The fraction of sp³-hybridized carbons (Fsp3) is 0.714. The second-order valence-electron chi connectivity index (χ2n) is 7.57. The van der Waals surface area contributed by atoms with Crippen molar-refractivity contribution in [3.05, 3.63) is 23.8 Å². The molecule has 7 nitrogen and oxygen atoms in total. The molecule has 0 radical (unpaired) electrons. The van der Waals surface area contributed by atoms with E-state index in [4.69, 9.17) is 14.2 Å². The Bertz CT molecular complexity index is 562. The zero-order valence-corrected chi connectivity index (χ0v) is 17.4. The minimum atomic E-state index is -0.572. The summed E-state index contributed by atoms with van der Waals surface area (Å²) < 4.78 is 16.8. The second kappa shape index (κ2) is 12.2. The first-order chi connectivity index (χ1) is 13.5. The van der Waals surface area contributed by atoms with Crippen molar-refractivity contribution in [2.75, 3.05) is 46.5 Å². The molecule has 28 heavy (non-hydrogen) atoms. The molecule has 0 spiro atoms. The van der Waals surface area contributed by atoms with Gasteiger partial charge in [-0.25, -0.2) is 0 Å². The predicted molar refractivity (Wildman–Crippen MR) is 109 cm³/mol. The summed E-state index contributed by atoms with van der Waals surface area (Å²) in [7, 11) is 1.64. The average Bonchev–Trinajstić information content (AvgIpc) is 2.68. The van der Waals surface area contributed by atoms with Crippen LogP contribution in [0.15, 0.2) is 18.2 Å². The van der Waals surface area contributed by atoms with Crippen molar-refractivity contribution in [2.45, 2.75) is 51.5 Å². The molecule has 1 saturated heterocycles. The van der Waals surface area contributed by atoms with Gasteiger partial charge in [-0.3, -0.25) is 0 Å². The van der Waals surface area contributed by atoms with Gasteiger partial charge in [0.05, 0.1) is 25.9 Å². The van der Waals surface area contributed by atoms with Crippen LogP contribution in [-0.4, -0.2) is 79.9 Å². The monoisotopic (exact) mass is 396 g/mol. The number of rotatable bonds is 12. The molecule has 1 aromatic carbocycles. The molecule has 1 aliphatic heterocycles. The molecular weight excluding hydrogens is 360 g/mol. The molecule has 7 heteroatoms. The normalized spacial score (nSPS) is 17.1. The third-order valence-electron chi connectivity index (χ3n) is 4.77. The van der Waals surface area contributed by atoms with Gasteiger partial charge < -0.3 is 34.6 Å². The number of β-amino-alcohol motifs (C(OH)–C–C–N with tert-alkyl or cyclic N) is 1. The SMILES string of the molecule is COc1ccc(OC[C@H](O)CN2CCC(O)CC2)c(CNCCOC(C)C)c1. The van der Waals surface area contributed by atoms with Gasteiger partial charge in [0.1, 0.15) is 24.2 Å². The van der Waals surface area contributed by atoms with E-state index >= 15 is 0 Å². The first-order valence-electron chi connectivity index (χ1n) is 10.2. The summed E-state index contributed by atoms with van der Waals surface area (Å²) in [4.78, 5) is 2.17. The molecule has 0 bridgehead atoms. The summed E-state index contributed by atoms with van der Waals surface area (Å²) in [6, 6.07) is 5.69. The van der Waals surface area contributed by atoms with Crippen molar-refractivity contribution in [3.63, 3.8) is 0 Å². The summed E-state index contributed by atoms with van der Waals surface area (Å²) >= 11 is 0. The highest BCUT2D eigenvalue weighted by Gasteiger charge is 2.19. The lowest BCUT2D eigenvalue weighted by atomic mass is 10.1. The smallest absolute Gasteiger partial charge is 0.124 e. The zero-order valence-electron chi connectivity index (χ0n) is 17.4. The summed E-state index contributed by atoms with van der Waals surface area (Å²) in [6.07, 6.45) is 0.981. The molecule has 1 heterocycles. The van der Waals surface area contributed by atoms with E-state index in [9.17, 15) is 10.2 Å². The summed E-state index contributed by atoms with van der Waals surface area (Å²) in [6.45, 7) is 8.49. The molecular formula is C21H36N2O5. The van der Waals surface area contributed by atoms with Crippen molar-refractivity contribution < 1.29 is 24.4 Å². The third-order valence-corrected chi connectivity index (χ3v) is 4.77. The lowest BCUT2D eigenvalue weighted by Gasteiger charge is -2.31. The molecule has 0 saturated carbocycles. The minimum absolute atomic E-state index is 0.204. The van der Waals surface area contributed by atoms with Crippen molar-refractivity contribution in [3.8, 4) is 11.5 Å². The molecule has 160 valence electrons. The van der Waals surface area contributed by atoms with Gasteiger partial charge in [0, 0.05) is 38.3 Å². The highest BCUT2D eigenvalue weighted by molar-refractivity contribution is 5.40.